The molecule has 5 heteroatoms. The number of hydrogen-bond donors (Lipinski definition) is 2. The van der Waals surface area contributed by atoms with Crippen molar-refractivity contribution in [2.75, 3.05) is 25.3 Å². The second kappa shape index (κ2) is 5.85. The first-order chi connectivity index (χ1) is 9.69. The minimum atomic E-state index is 0.500. The number of nitrogens with two attached hydrogens (primary N) is 1. The number of nitrogens with zero attached hydrogens (tertiary/aromatic N) is 1. The Balaban J connectivity index is 2.42. The van der Waals surface area contributed by atoms with Gasteiger partial charge < -0.3 is 20.5 Å². The Kier molecular flexibility index (Phi) is 3.96. The SMILES string of the molecule is COc1cc(Nc2c(C#N)cccc2OC)ccc1N. The van der Waals surface area contributed by atoms with Crippen LogP contribution in [-0.2, 0) is 0 Å². The Bertz CT molecular complexity index is 663. The molecule has 102 valence electrons. The fourth-order valence-electron chi connectivity index (χ4n) is 1.86. The number of methoxy groups -OCH3 is 2. The van der Waals surface area contributed by atoms with Crippen molar-refractivity contribution < 1.29 is 9.47 Å². The van der Waals surface area contributed by atoms with E-state index in [1.165, 1.54) is 0 Å². The van der Waals surface area contributed by atoms with Crippen LogP contribution >= 0.6 is 0 Å². The van der Waals surface area contributed by atoms with Crippen molar-refractivity contribution in [1.29, 1.82) is 5.26 Å². The van der Waals surface area contributed by atoms with Crippen molar-refractivity contribution >= 4 is 17.1 Å². The maximum Gasteiger partial charge on any atom is 0.143 e. The van der Waals surface area contributed by atoms with Crippen molar-refractivity contribution in [3.05, 3.63) is 42.0 Å². The molecular formula is C15H15N3O2. The van der Waals surface area contributed by atoms with Gasteiger partial charge in [0.2, 0.25) is 0 Å². The number of benzene rings is 2. The number of nitriles is 1. The Labute approximate surface area is 117 Å². The predicted octanol–water partition coefficient (Wildman–Crippen LogP) is 2.90. The van der Waals surface area contributed by atoms with Gasteiger partial charge in [0.1, 0.15) is 17.6 Å². The third kappa shape index (κ3) is 2.59. The molecule has 3 N–H and O–H groups in total. The molecule has 2 aromatic carbocycles. The summed E-state index contributed by atoms with van der Waals surface area (Å²) in [5.74, 6) is 1.17. The van der Waals surface area contributed by atoms with Gasteiger partial charge >= 0.3 is 0 Å². The number of nitrogen functional groups attached to an aromatic ring is 1. The summed E-state index contributed by atoms with van der Waals surface area (Å²) in [5.41, 5.74) is 8.21. The van der Waals surface area contributed by atoms with Crippen LogP contribution in [0.4, 0.5) is 17.1 Å². The number of rotatable bonds is 4. The Hall–Kier alpha value is -2.87. The van der Waals surface area contributed by atoms with Crippen LogP contribution in [0.3, 0.4) is 0 Å². The second-order valence-electron chi connectivity index (χ2n) is 4.08. The number of para-hydroxylation sites is 1. The van der Waals surface area contributed by atoms with Gasteiger partial charge in [0.25, 0.3) is 0 Å². The lowest BCUT2D eigenvalue weighted by atomic mass is 10.1. The Morgan fingerprint density at radius 3 is 2.50 bits per heavy atom. The summed E-state index contributed by atoms with van der Waals surface area (Å²) in [7, 11) is 3.12. The minimum Gasteiger partial charge on any atom is -0.495 e. The van der Waals surface area contributed by atoms with Gasteiger partial charge in [-0.3, -0.25) is 0 Å². The first-order valence-electron chi connectivity index (χ1n) is 5.97. The normalized spacial score (nSPS) is 9.65. The quantitative estimate of drug-likeness (QED) is 0.834. The lowest BCUT2D eigenvalue weighted by Crippen LogP contribution is -1.99. The Morgan fingerprint density at radius 1 is 1.10 bits per heavy atom. The lowest BCUT2D eigenvalue weighted by Gasteiger charge is -2.14. The molecule has 0 heterocycles. The van der Waals surface area contributed by atoms with Crippen LogP contribution in [0, 0.1) is 11.3 Å². The average Bonchev–Trinajstić information content (AvgIpc) is 2.49. The van der Waals surface area contributed by atoms with Crippen LogP contribution in [0.1, 0.15) is 5.56 Å². The predicted molar refractivity (Wildman–Crippen MR) is 78.4 cm³/mol. The summed E-state index contributed by atoms with van der Waals surface area (Å²) in [4.78, 5) is 0. The van der Waals surface area contributed by atoms with E-state index < -0.39 is 0 Å². The molecule has 0 radical (unpaired) electrons. The van der Waals surface area contributed by atoms with Gasteiger partial charge in [0, 0.05) is 11.8 Å². The number of nitrogens with one attached hydrogen (secondary N) is 1. The van der Waals surface area contributed by atoms with Gasteiger partial charge in [0.05, 0.1) is 31.2 Å². The summed E-state index contributed by atoms with van der Waals surface area (Å²) < 4.78 is 10.4. The summed E-state index contributed by atoms with van der Waals surface area (Å²) in [6.45, 7) is 0. The van der Waals surface area contributed by atoms with Gasteiger partial charge in [-0.05, 0) is 24.3 Å². The van der Waals surface area contributed by atoms with E-state index in [0.29, 0.717) is 28.4 Å². The van der Waals surface area contributed by atoms with E-state index in [-0.39, 0.29) is 0 Å². The molecule has 0 aliphatic heterocycles. The van der Waals surface area contributed by atoms with Crippen molar-refractivity contribution in [1.82, 2.24) is 0 Å². The Morgan fingerprint density at radius 2 is 1.85 bits per heavy atom. The molecule has 0 fully saturated rings. The summed E-state index contributed by atoms with van der Waals surface area (Å²) in [5, 5.41) is 12.3. The van der Waals surface area contributed by atoms with Gasteiger partial charge in [-0.2, -0.15) is 5.26 Å². The third-order valence-corrected chi connectivity index (χ3v) is 2.87. The molecule has 2 rings (SSSR count). The number of hydrogen-bond acceptors (Lipinski definition) is 5. The highest BCUT2D eigenvalue weighted by Crippen LogP contribution is 2.33. The fraction of sp³-hybridized carbons (Fsp3) is 0.133. The zero-order valence-electron chi connectivity index (χ0n) is 11.3. The topological polar surface area (TPSA) is 80.3 Å². The molecule has 0 saturated carbocycles. The average molecular weight is 269 g/mol. The molecule has 0 aromatic heterocycles. The van der Waals surface area contributed by atoms with Gasteiger partial charge in [-0.1, -0.05) is 6.07 Å². The first-order valence-corrected chi connectivity index (χ1v) is 5.97. The molecule has 0 spiro atoms. The highest BCUT2D eigenvalue weighted by molar-refractivity contribution is 5.74. The smallest absolute Gasteiger partial charge is 0.143 e. The third-order valence-electron chi connectivity index (χ3n) is 2.87. The van der Waals surface area contributed by atoms with E-state index in [1.54, 1.807) is 44.6 Å². The monoisotopic (exact) mass is 269 g/mol. The molecule has 0 atom stereocenters. The minimum absolute atomic E-state index is 0.500. The molecule has 0 aliphatic carbocycles. The molecule has 5 nitrogen and oxygen atoms in total. The molecule has 20 heavy (non-hydrogen) atoms. The van der Waals surface area contributed by atoms with Crippen LogP contribution < -0.4 is 20.5 Å². The largest absolute Gasteiger partial charge is 0.495 e. The van der Waals surface area contributed by atoms with E-state index in [4.69, 9.17) is 15.2 Å². The summed E-state index contributed by atoms with van der Waals surface area (Å²) in [6, 6.07) is 12.7. The van der Waals surface area contributed by atoms with Crippen LogP contribution in [0.25, 0.3) is 0 Å². The van der Waals surface area contributed by atoms with Crippen molar-refractivity contribution in [3.63, 3.8) is 0 Å². The maximum atomic E-state index is 9.17. The van der Waals surface area contributed by atoms with Gasteiger partial charge in [0.15, 0.2) is 0 Å². The van der Waals surface area contributed by atoms with Crippen LogP contribution in [-0.4, -0.2) is 14.2 Å². The molecule has 2 aromatic rings. The highest BCUT2D eigenvalue weighted by atomic mass is 16.5. The molecular weight excluding hydrogens is 254 g/mol. The van der Waals surface area contributed by atoms with Crippen LogP contribution in [0.15, 0.2) is 36.4 Å². The van der Waals surface area contributed by atoms with Gasteiger partial charge in [-0.25, -0.2) is 0 Å². The molecule has 0 saturated heterocycles. The lowest BCUT2D eigenvalue weighted by molar-refractivity contribution is 0.416. The molecule has 0 unspecified atom stereocenters. The molecule has 0 aliphatic rings. The fourth-order valence-corrected chi connectivity index (χ4v) is 1.86. The summed E-state index contributed by atoms with van der Waals surface area (Å²) in [6.07, 6.45) is 0. The van der Waals surface area contributed by atoms with E-state index in [0.717, 1.165) is 5.69 Å². The number of anilines is 3. The summed E-state index contributed by atoms with van der Waals surface area (Å²) >= 11 is 0. The maximum absolute atomic E-state index is 9.17. The standard InChI is InChI=1S/C15H15N3O2/c1-19-13-5-3-4-10(9-16)15(13)18-11-6-7-12(17)14(8-11)20-2/h3-8,18H,17H2,1-2H3. The molecule has 0 amide bonds. The first kappa shape index (κ1) is 13.6. The zero-order chi connectivity index (χ0) is 14.5. The van der Waals surface area contributed by atoms with Crippen molar-refractivity contribution in [2.24, 2.45) is 0 Å². The van der Waals surface area contributed by atoms with Crippen LogP contribution in [0.5, 0.6) is 11.5 Å². The van der Waals surface area contributed by atoms with Gasteiger partial charge in [-0.15, -0.1) is 0 Å². The van der Waals surface area contributed by atoms with Crippen LogP contribution in [0.2, 0.25) is 0 Å². The van der Waals surface area contributed by atoms with E-state index >= 15 is 0 Å². The second-order valence-corrected chi connectivity index (χ2v) is 4.08. The van der Waals surface area contributed by atoms with Crippen molar-refractivity contribution in [2.45, 2.75) is 0 Å². The van der Waals surface area contributed by atoms with Crippen molar-refractivity contribution in [3.8, 4) is 17.6 Å². The highest BCUT2D eigenvalue weighted by Gasteiger charge is 2.10. The zero-order valence-corrected chi connectivity index (χ0v) is 11.3. The van der Waals surface area contributed by atoms with E-state index in [9.17, 15) is 5.26 Å². The molecule has 0 bridgehead atoms. The number of ether oxygens (including phenoxy) is 2. The van der Waals surface area contributed by atoms with E-state index in [2.05, 4.69) is 11.4 Å². The van der Waals surface area contributed by atoms with E-state index in [1.807, 2.05) is 6.07 Å².